The molecule has 1 saturated carbocycles. The Balaban J connectivity index is 1.57. The van der Waals surface area contributed by atoms with Crippen molar-refractivity contribution in [2.75, 3.05) is 19.7 Å². The number of hydrogen-bond acceptors (Lipinski definition) is 3. The van der Waals surface area contributed by atoms with Crippen molar-refractivity contribution in [2.45, 2.75) is 32.7 Å². The van der Waals surface area contributed by atoms with Crippen LogP contribution in [0.5, 0.6) is 5.75 Å². The first kappa shape index (κ1) is 15.6. The second-order valence-electron chi connectivity index (χ2n) is 6.62. The summed E-state index contributed by atoms with van der Waals surface area (Å²) in [7, 11) is 0. The van der Waals surface area contributed by atoms with Gasteiger partial charge in [-0.05, 0) is 61.8 Å². The summed E-state index contributed by atoms with van der Waals surface area (Å²) in [4.78, 5) is 14.2. The van der Waals surface area contributed by atoms with Gasteiger partial charge in [-0.25, -0.2) is 0 Å². The molecule has 1 saturated heterocycles. The number of fused-ring (bicyclic) bond motifs is 1. The maximum absolute atomic E-state index is 12.3. The van der Waals surface area contributed by atoms with Crippen molar-refractivity contribution in [3.05, 3.63) is 28.3 Å². The lowest BCUT2D eigenvalue weighted by Crippen LogP contribution is -2.36. The van der Waals surface area contributed by atoms with Crippen molar-refractivity contribution in [1.29, 1.82) is 0 Å². The number of nitrogens with zero attached hydrogens (tertiary/aromatic N) is 1. The molecule has 0 radical (unpaired) electrons. The van der Waals surface area contributed by atoms with Gasteiger partial charge in [0, 0.05) is 24.2 Å². The van der Waals surface area contributed by atoms with E-state index < -0.39 is 0 Å². The molecule has 4 nitrogen and oxygen atoms in total. The standard InChI is InChI=1S/C17H23ClN2O2/c1-10-5-13(6-11(2)17(10)18)22-9-16(21)20-7-12-3-4-15(19)14(12)8-20/h5-6,12,14-15H,3-4,7-9,19H2,1-2H3. The number of likely N-dealkylation sites (tertiary alicyclic amines) is 1. The van der Waals surface area contributed by atoms with Gasteiger partial charge in [-0.1, -0.05) is 11.6 Å². The summed E-state index contributed by atoms with van der Waals surface area (Å²) in [5.74, 6) is 1.80. The zero-order valence-electron chi connectivity index (χ0n) is 13.1. The van der Waals surface area contributed by atoms with Gasteiger partial charge in [-0.2, -0.15) is 0 Å². The highest BCUT2D eigenvalue weighted by molar-refractivity contribution is 6.32. The van der Waals surface area contributed by atoms with Crippen molar-refractivity contribution in [3.8, 4) is 5.75 Å². The van der Waals surface area contributed by atoms with E-state index in [2.05, 4.69) is 0 Å². The number of hydrogen-bond donors (Lipinski definition) is 1. The summed E-state index contributed by atoms with van der Waals surface area (Å²) in [6.45, 7) is 5.57. The van der Waals surface area contributed by atoms with Crippen molar-refractivity contribution >= 4 is 17.5 Å². The summed E-state index contributed by atoms with van der Waals surface area (Å²) in [5.41, 5.74) is 8.04. The molecule has 5 heteroatoms. The Hall–Kier alpha value is -1.26. The number of aryl methyl sites for hydroxylation is 2. The molecule has 22 heavy (non-hydrogen) atoms. The smallest absolute Gasteiger partial charge is 0.260 e. The molecule has 1 heterocycles. The van der Waals surface area contributed by atoms with E-state index in [0.29, 0.717) is 17.6 Å². The zero-order chi connectivity index (χ0) is 15.9. The van der Waals surface area contributed by atoms with E-state index >= 15 is 0 Å². The van der Waals surface area contributed by atoms with Gasteiger partial charge < -0.3 is 15.4 Å². The van der Waals surface area contributed by atoms with Crippen LogP contribution in [0.25, 0.3) is 0 Å². The van der Waals surface area contributed by atoms with Gasteiger partial charge in [0.1, 0.15) is 5.75 Å². The van der Waals surface area contributed by atoms with Gasteiger partial charge in [-0.15, -0.1) is 0 Å². The van der Waals surface area contributed by atoms with E-state index in [1.165, 1.54) is 0 Å². The molecule has 120 valence electrons. The maximum Gasteiger partial charge on any atom is 0.260 e. The number of rotatable bonds is 3. The molecule has 2 aliphatic rings. The number of halogens is 1. The van der Waals surface area contributed by atoms with Crippen LogP contribution in [0.2, 0.25) is 5.02 Å². The third-order valence-corrected chi connectivity index (χ3v) is 5.63. The molecule has 1 aliphatic carbocycles. The molecule has 2 N–H and O–H groups in total. The second-order valence-corrected chi connectivity index (χ2v) is 7.00. The number of ether oxygens (including phenoxy) is 1. The number of amides is 1. The van der Waals surface area contributed by atoms with Gasteiger partial charge in [0.15, 0.2) is 6.61 Å². The number of carbonyl (C=O) groups is 1. The normalized spacial score (nSPS) is 27.1. The van der Waals surface area contributed by atoms with Crippen molar-refractivity contribution < 1.29 is 9.53 Å². The first-order valence-electron chi connectivity index (χ1n) is 7.88. The minimum atomic E-state index is 0.0480. The SMILES string of the molecule is Cc1cc(OCC(=O)N2CC3CCC(N)C3C2)cc(C)c1Cl. The first-order chi connectivity index (χ1) is 10.5. The van der Waals surface area contributed by atoms with Gasteiger partial charge in [0.25, 0.3) is 5.91 Å². The van der Waals surface area contributed by atoms with Gasteiger partial charge in [-0.3, -0.25) is 4.79 Å². The van der Waals surface area contributed by atoms with E-state index in [4.69, 9.17) is 22.1 Å². The fraction of sp³-hybridized carbons (Fsp3) is 0.588. The third-order valence-electron chi connectivity index (χ3n) is 5.04. The fourth-order valence-electron chi connectivity index (χ4n) is 3.74. The van der Waals surface area contributed by atoms with Crippen molar-refractivity contribution in [2.24, 2.45) is 17.6 Å². The van der Waals surface area contributed by atoms with Crippen LogP contribution >= 0.6 is 11.6 Å². The van der Waals surface area contributed by atoms with Crippen molar-refractivity contribution in [3.63, 3.8) is 0 Å². The van der Waals surface area contributed by atoms with Crippen LogP contribution in [-0.4, -0.2) is 36.5 Å². The van der Waals surface area contributed by atoms with E-state index in [0.717, 1.165) is 42.1 Å². The van der Waals surface area contributed by atoms with Crippen LogP contribution in [-0.2, 0) is 4.79 Å². The molecule has 3 unspecified atom stereocenters. The summed E-state index contributed by atoms with van der Waals surface area (Å²) in [5, 5.41) is 0.750. The summed E-state index contributed by atoms with van der Waals surface area (Å²) in [6, 6.07) is 4.00. The highest BCUT2D eigenvalue weighted by Crippen LogP contribution is 2.37. The minimum Gasteiger partial charge on any atom is -0.484 e. The van der Waals surface area contributed by atoms with Crippen LogP contribution in [0.4, 0.5) is 0 Å². The van der Waals surface area contributed by atoms with Gasteiger partial charge in [0.2, 0.25) is 0 Å². The predicted octanol–water partition coefficient (Wildman–Crippen LogP) is 2.53. The molecule has 1 aromatic carbocycles. The van der Waals surface area contributed by atoms with Crippen LogP contribution in [0.3, 0.4) is 0 Å². The second kappa shape index (κ2) is 6.09. The molecule has 0 aromatic heterocycles. The fourth-order valence-corrected chi connectivity index (χ4v) is 3.85. The largest absolute Gasteiger partial charge is 0.484 e. The molecule has 0 spiro atoms. The Morgan fingerprint density at radius 2 is 2.00 bits per heavy atom. The molecular weight excluding hydrogens is 300 g/mol. The van der Waals surface area contributed by atoms with Crippen LogP contribution < -0.4 is 10.5 Å². The average molecular weight is 323 g/mol. The quantitative estimate of drug-likeness (QED) is 0.930. The molecule has 3 rings (SSSR count). The number of nitrogens with two attached hydrogens (primary N) is 1. The summed E-state index contributed by atoms with van der Waals surface area (Å²) in [6.07, 6.45) is 2.24. The number of benzene rings is 1. The Labute approximate surface area is 136 Å². The maximum atomic E-state index is 12.3. The van der Waals surface area contributed by atoms with Crippen LogP contribution in [0.1, 0.15) is 24.0 Å². The molecule has 2 fully saturated rings. The van der Waals surface area contributed by atoms with Crippen molar-refractivity contribution in [1.82, 2.24) is 4.90 Å². The van der Waals surface area contributed by atoms with E-state index in [1.54, 1.807) is 0 Å². The molecular formula is C17H23ClN2O2. The summed E-state index contributed by atoms with van der Waals surface area (Å²) < 4.78 is 5.66. The molecule has 1 aromatic rings. The lowest BCUT2D eigenvalue weighted by Gasteiger charge is -2.19. The van der Waals surface area contributed by atoms with Gasteiger partial charge >= 0.3 is 0 Å². The van der Waals surface area contributed by atoms with Gasteiger partial charge in [0.05, 0.1) is 0 Å². The van der Waals surface area contributed by atoms with Crippen LogP contribution in [0.15, 0.2) is 12.1 Å². The Bertz CT molecular complexity index is 567. The first-order valence-corrected chi connectivity index (χ1v) is 8.26. The lowest BCUT2D eigenvalue weighted by atomic mass is 9.98. The van der Waals surface area contributed by atoms with Crippen LogP contribution in [0, 0.1) is 25.7 Å². The summed E-state index contributed by atoms with van der Waals surface area (Å²) >= 11 is 6.14. The topological polar surface area (TPSA) is 55.6 Å². The molecule has 1 amide bonds. The van der Waals surface area contributed by atoms with E-state index in [1.807, 2.05) is 30.9 Å². The highest BCUT2D eigenvalue weighted by atomic mass is 35.5. The monoisotopic (exact) mass is 322 g/mol. The Morgan fingerprint density at radius 1 is 1.32 bits per heavy atom. The van der Waals surface area contributed by atoms with E-state index in [9.17, 15) is 4.79 Å². The van der Waals surface area contributed by atoms with E-state index in [-0.39, 0.29) is 18.6 Å². The molecule has 0 bridgehead atoms. The molecule has 1 aliphatic heterocycles. The zero-order valence-corrected chi connectivity index (χ0v) is 13.9. The Morgan fingerprint density at radius 3 is 2.64 bits per heavy atom. The number of carbonyl (C=O) groups excluding carboxylic acids is 1. The molecule has 3 atom stereocenters. The average Bonchev–Trinajstić information content (AvgIpc) is 3.04. The Kier molecular flexibility index (Phi) is 4.33. The lowest BCUT2D eigenvalue weighted by molar-refractivity contribution is -0.132. The minimum absolute atomic E-state index is 0.0480. The third kappa shape index (κ3) is 2.95. The highest BCUT2D eigenvalue weighted by Gasteiger charge is 2.42. The predicted molar refractivity (Wildman–Crippen MR) is 87.2 cm³/mol.